The Kier molecular flexibility index (Phi) is 5.40. The highest BCUT2D eigenvalue weighted by atomic mass is 32.1. The molecule has 0 saturated carbocycles. The Morgan fingerprint density at radius 1 is 1.43 bits per heavy atom. The van der Waals surface area contributed by atoms with Gasteiger partial charge in [0.05, 0.1) is 10.7 Å². The number of carbonyl (C=O) groups excluding carboxylic acids is 1. The van der Waals surface area contributed by atoms with E-state index in [-0.39, 0.29) is 11.9 Å². The van der Waals surface area contributed by atoms with Crippen LogP contribution in [0.3, 0.4) is 0 Å². The van der Waals surface area contributed by atoms with Crippen LogP contribution in [0.25, 0.3) is 0 Å². The van der Waals surface area contributed by atoms with Crippen molar-refractivity contribution >= 4 is 17.2 Å². The molecule has 3 aromatic rings. The minimum absolute atomic E-state index is 0.00977. The predicted octanol–water partition coefficient (Wildman–Crippen LogP) is 2.55. The normalized spacial score (nSPS) is 16.9. The third-order valence-corrected chi connectivity index (χ3v) is 5.62. The average molecular weight is 398 g/mol. The standard InChI is InChI=1S/C20H23N5O2S/c1-14-23-16(13-28-14)12-27-17-5-3-4-15(10-17)20(26)25-9-6-21-11-18(25)19-22-7-8-24(19)2/h3-5,7-8,10,13,18,21H,6,9,11-12H2,1-2H3. The molecule has 0 bridgehead atoms. The van der Waals surface area contributed by atoms with Crippen LogP contribution >= 0.6 is 11.3 Å². The molecule has 0 radical (unpaired) electrons. The highest BCUT2D eigenvalue weighted by molar-refractivity contribution is 7.09. The second-order valence-corrected chi connectivity index (χ2v) is 7.85. The van der Waals surface area contributed by atoms with Crippen molar-refractivity contribution in [2.75, 3.05) is 19.6 Å². The maximum absolute atomic E-state index is 13.2. The van der Waals surface area contributed by atoms with Gasteiger partial charge in [-0.3, -0.25) is 4.79 Å². The fourth-order valence-electron chi connectivity index (χ4n) is 3.39. The average Bonchev–Trinajstić information content (AvgIpc) is 3.34. The van der Waals surface area contributed by atoms with E-state index in [4.69, 9.17) is 4.74 Å². The number of thiazole rings is 1. The first-order valence-corrected chi connectivity index (χ1v) is 10.1. The molecule has 1 N–H and O–H groups in total. The van der Waals surface area contributed by atoms with Crippen LogP contribution in [-0.2, 0) is 13.7 Å². The van der Waals surface area contributed by atoms with Crippen molar-refractivity contribution in [2.24, 2.45) is 7.05 Å². The SMILES string of the molecule is Cc1nc(COc2cccc(C(=O)N3CCNCC3c3nccn3C)c2)cs1. The summed E-state index contributed by atoms with van der Waals surface area (Å²) < 4.78 is 7.81. The number of imidazole rings is 1. The van der Waals surface area contributed by atoms with Gasteiger partial charge in [-0.15, -0.1) is 11.3 Å². The number of benzene rings is 1. The number of piperazine rings is 1. The van der Waals surface area contributed by atoms with E-state index >= 15 is 0 Å². The Hall–Kier alpha value is -2.71. The van der Waals surface area contributed by atoms with Gasteiger partial charge in [0.25, 0.3) is 5.91 Å². The molecule has 1 aromatic carbocycles. The van der Waals surface area contributed by atoms with Gasteiger partial charge in [0.2, 0.25) is 0 Å². The number of nitrogens with zero attached hydrogens (tertiary/aromatic N) is 4. The molecule has 1 aliphatic rings. The molecule has 1 fully saturated rings. The monoisotopic (exact) mass is 397 g/mol. The summed E-state index contributed by atoms with van der Waals surface area (Å²) in [5.41, 5.74) is 1.52. The third-order valence-electron chi connectivity index (χ3n) is 4.80. The van der Waals surface area contributed by atoms with Gasteiger partial charge in [-0.05, 0) is 25.1 Å². The maximum Gasteiger partial charge on any atom is 0.254 e. The van der Waals surface area contributed by atoms with E-state index in [1.54, 1.807) is 23.6 Å². The summed E-state index contributed by atoms with van der Waals surface area (Å²) in [7, 11) is 1.95. The van der Waals surface area contributed by atoms with Gasteiger partial charge >= 0.3 is 0 Å². The molecular formula is C20H23N5O2S. The molecule has 7 nitrogen and oxygen atoms in total. The number of hydrogen-bond acceptors (Lipinski definition) is 6. The molecule has 1 unspecified atom stereocenters. The molecule has 3 heterocycles. The second-order valence-electron chi connectivity index (χ2n) is 6.79. The van der Waals surface area contributed by atoms with Crippen LogP contribution in [0.2, 0.25) is 0 Å². The van der Waals surface area contributed by atoms with E-state index in [0.717, 1.165) is 23.1 Å². The molecule has 1 atom stereocenters. The molecule has 28 heavy (non-hydrogen) atoms. The van der Waals surface area contributed by atoms with Crippen LogP contribution in [0.4, 0.5) is 0 Å². The minimum atomic E-state index is -0.0937. The van der Waals surface area contributed by atoms with Crippen LogP contribution in [0.15, 0.2) is 42.0 Å². The van der Waals surface area contributed by atoms with E-state index in [2.05, 4.69) is 15.3 Å². The van der Waals surface area contributed by atoms with Crippen molar-refractivity contribution in [1.29, 1.82) is 0 Å². The highest BCUT2D eigenvalue weighted by Gasteiger charge is 2.31. The van der Waals surface area contributed by atoms with Gasteiger partial charge in [-0.25, -0.2) is 9.97 Å². The number of carbonyl (C=O) groups is 1. The zero-order valence-corrected chi connectivity index (χ0v) is 16.8. The van der Waals surface area contributed by atoms with Gasteiger partial charge in [0, 0.05) is 50.0 Å². The number of aromatic nitrogens is 3. The molecule has 8 heteroatoms. The second kappa shape index (κ2) is 8.12. The lowest BCUT2D eigenvalue weighted by Crippen LogP contribution is -2.49. The van der Waals surface area contributed by atoms with E-state index < -0.39 is 0 Å². The Bertz CT molecular complexity index is 967. The summed E-state index contributed by atoms with van der Waals surface area (Å²) >= 11 is 1.60. The molecular weight excluding hydrogens is 374 g/mol. The Morgan fingerprint density at radius 3 is 3.07 bits per heavy atom. The zero-order valence-electron chi connectivity index (χ0n) is 16.0. The predicted molar refractivity (Wildman–Crippen MR) is 107 cm³/mol. The molecule has 0 aliphatic carbocycles. The molecule has 1 amide bonds. The minimum Gasteiger partial charge on any atom is -0.487 e. The van der Waals surface area contributed by atoms with Crippen LogP contribution in [-0.4, -0.2) is 45.0 Å². The van der Waals surface area contributed by atoms with Gasteiger partial charge < -0.3 is 19.5 Å². The van der Waals surface area contributed by atoms with Gasteiger partial charge in [-0.2, -0.15) is 0 Å². The maximum atomic E-state index is 13.2. The van der Waals surface area contributed by atoms with Crippen molar-refractivity contribution < 1.29 is 9.53 Å². The summed E-state index contributed by atoms with van der Waals surface area (Å²) in [5.74, 6) is 1.54. The summed E-state index contributed by atoms with van der Waals surface area (Å²) in [6, 6.07) is 7.26. The van der Waals surface area contributed by atoms with E-state index in [9.17, 15) is 4.79 Å². The van der Waals surface area contributed by atoms with Crippen molar-refractivity contribution in [1.82, 2.24) is 24.8 Å². The van der Waals surface area contributed by atoms with Crippen molar-refractivity contribution in [3.63, 3.8) is 0 Å². The quantitative estimate of drug-likeness (QED) is 0.716. The first kappa shape index (κ1) is 18.6. The van der Waals surface area contributed by atoms with Crippen molar-refractivity contribution in [2.45, 2.75) is 19.6 Å². The van der Waals surface area contributed by atoms with Gasteiger partial charge in [0.1, 0.15) is 24.2 Å². The first-order chi connectivity index (χ1) is 13.6. The zero-order chi connectivity index (χ0) is 19.5. The molecule has 146 valence electrons. The lowest BCUT2D eigenvalue weighted by atomic mass is 10.1. The largest absolute Gasteiger partial charge is 0.487 e. The van der Waals surface area contributed by atoms with Crippen LogP contribution in [0.1, 0.15) is 32.9 Å². The van der Waals surface area contributed by atoms with E-state index in [1.165, 1.54) is 0 Å². The van der Waals surface area contributed by atoms with Crippen LogP contribution in [0.5, 0.6) is 5.75 Å². The van der Waals surface area contributed by atoms with E-state index in [1.807, 2.05) is 53.2 Å². The lowest BCUT2D eigenvalue weighted by Gasteiger charge is -2.35. The molecule has 4 rings (SSSR count). The number of aryl methyl sites for hydroxylation is 2. The summed E-state index contributed by atoms with van der Waals surface area (Å²) in [6.07, 6.45) is 3.67. The Labute approximate surface area is 168 Å². The number of amides is 1. The smallest absolute Gasteiger partial charge is 0.254 e. The van der Waals surface area contributed by atoms with Crippen molar-refractivity contribution in [3.05, 3.63) is 64.1 Å². The number of nitrogens with one attached hydrogen (secondary N) is 1. The number of rotatable bonds is 5. The summed E-state index contributed by atoms with van der Waals surface area (Å²) in [4.78, 5) is 24.0. The van der Waals surface area contributed by atoms with Crippen LogP contribution in [0, 0.1) is 6.92 Å². The molecule has 1 saturated heterocycles. The van der Waals surface area contributed by atoms with E-state index in [0.29, 0.717) is 31.0 Å². The fraction of sp³-hybridized carbons (Fsp3) is 0.350. The molecule has 2 aromatic heterocycles. The summed E-state index contributed by atoms with van der Waals surface area (Å²) in [6.45, 7) is 4.46. The molecule has 0 spiro atoms. The number of hydrogen-bond donors (Lipinski definition) is 1. The van der Waals surface area contributed by atoms with Crippen LogP contribution < -0.4 is 10.1 Å². The first-order valence-electron chi connectivity index (χ1n) is 9.24. The topological polar surface area (TPSA) is 72.3 Å². The fourth-order valence-corrected chi connectivity index (χ4v) is 3.99. The Morgan fingerprint density at radius 2 is 2.32 bits per heavy atom. The summed E-state index contributed by atoms with van der Waals surface area (Å²) in [5, 5.41) is 6.36. The van der Waals surface area contributed by atoms with Gasteiger partial charge in [-0.1, -0.05) is 6.07 Å². The third kappa shape index (κ3) is 3.93. The highest BCUT2D eigenvalue weighted by Crippen LogP contribution is 2.24. The molecule has 1 aliphatic heterocycles. The number of ether oxygens (including phenoxy) is 1. The van der Waals surface area contributed by atoms with Gasteiger partial charge in [0.15, 0.2) is 0 Å². The lowest BCUT2D eigenvalue weighted by molar-refractivity contribution is 0.0620. The van der Waals surface area contributed by atoms with Crippen molar-refractivity contribution in [3.8, 4) is 5.75 Å². The Balaban J connectivity index is 1.51.